The van der Waals surface area contributed by atoms with E-state index in [4.69, 9.17) is 8.94 Å². The van der Waals surface area contributed by atoms with Gasteiger partial charge in [0, 0.05) is 6.20 Å². The van der Waals surface area contributed by atoms with Crippen molar-refractivity contribution in [3.63, 3.8) is 0 Å². The monoisotopic (exact) mass is 442 g/mol. The first kappa shape index (κ1) is 19.1. The number of nitrogens with zero attached hydrogens (tertiary/aromatic N) is 6. The van der Waals surface area contributed by atoms with E-state index in [2.05, 4.69) is 20.1 Å². The predicted octanol–water partition coefficient (Wildman–Crippen LogP) is 3.85. The summed E-state index contributed by atoms with van der Waals surface area (Å²) in [6.07, 6.45) is 3.07. The summed E-state index contributed by atoms with van der Waals surface area (Å²) in [5.41, 5.74) is 1.22. The number of hydrogen-bond donors (Lipinski definition) is 0. The van der Waals surface area contributed by atoms with E-state index in [-0.39, 0.29) is 35.0 Å². The van der Waals surface area contributed by atoms with Crippen molar-refractivity contribution in [2.75, 3.05) is 0 Å². The van der Waals surface area contributed by atoms with Gasteiger partial charge in [0.2, 0.25) is 5.82 Å². The molecule has 0 fully saturated rings. The second-order valence-corrected chi connectivity index (χ2v) is 7.47. The van der Waals surface area contributed by atoms with Gasteiger partial charge in [-0.1, -0.05) is 17.3 Å². The maximum atomic E-state index is 14.9. The van der Waals surface area contributed by atoms with E-state index in [1.807, 2.05) is 6.07 Å². The molecule has 0 radical (unpaired) electrons. The van der Waals surface area contributed by atoms with E-state index in [1.54, 1.807) is 49.5 Å². The van der Waals surface area contributed by atoms with Gasteiger partial charge in [-0.3, -0.25) is 18.7 Å². The Kier molecular flexibility index (Phi) is 4.19. The predicted molar refractivity (Wildman–Crippen MR) is 116 cm³/mol. The van der Waals surface area contributed by atoms with Gasteiger partial charge in [0.1, 0.15) is 34.6 Å². The average Bonchev–Trinajstić information content (AvgIpc) is 3.56. The highest BCUT2D eigenvalue weighted by Crippen LogP contribution is 2.27. The van der Waals surface area contributed by atoms with Crippen molar-refractivity contribution >= 4 is 16.6 Å². The molecule has 0 bridgehead atoms. The fraction of sp³-hybridized carbons (Fsp3) is 0.0870. The summed E-state index contributed by atoms with van der Waals surface area (Å²) >= 11 is 0. The maximum absolute atomic E-state index is 14.9. The third kappa shape index (κ3) is 3.03. The number of aromatic nitrogens is 6. The lowest BCUT2D eigenvalue weighted by Gasteiger charge is -2.13. The number of imidazole rings is 1. The molecule has 9 nitrogen and oxygen atoms in total. The minimum absolute atomic E-state index is 0.0847. The van der Waals surface area contributed by atoms with E-state index in [0.717, 1.165) is 0 Å². The Morgan fingerprint density at radius 3 is 2.73 bits per heavy atom. The normalized spacial score (nSPS) is 11.6. The van der Waals surface area contributed by atoms with Crippen LogP contribution >= 0.6 is 0 Å². The zero-order valence-corrected chi connectivity index (χ0v) is 17.3. The van der Waals surface area contributed by atoms with Crippen molar-refractivity contribution in [2.24, 2.45) is 0 Å². The van der Waals surface area contributed by atoms with Gasteiger partial charge in [0.05, 0.1) is 17.8 Å². The lowest BCUT2D eigenvalue weighted by molar-refractivity contribution is 0.414. The fourth-order valence-electron chi connectivity index (χ4n) is 3.87. The van der Waals surface area contributed by atoms with Gasteiger partial charge in [-0.25, -0.2) is 9.37 Å². The van der Waals surface area contributed by atoms with Crippen LogP contribution in [0.4, 0.5) is 4.39 Å². The molecule has 5 heterocycles. The van der Waals surface area contributed by atoms with Crippen LogP contribution in [-0.4, -0.2) is 29.1 Å². The van der Waals surface area contributed by atoms with Crippen molar-refractivity contribution < 1.29 is 13.3 Å². The Morgan fingerprint density at radius 2 is 1.94 bits per heavy atom. The molecule has 0 aliphatic heterocycles. The van der Waals surface area contributed by atoms with E-state index in [9.17, 15) is 9.18 Å². The van der Waals surface area contributed by atoms with Crippen molar-refractivity contribution in [2.45, 2.75) is 13.5 Å². The van der Waals surface area contributed by atoms with Gasteiger partial charge in [-0.2, -0.15) is 4.98 Å². The van der Waals surface area contributed by atoms with Crippen molar-refractivity contribution in [1.82, 2.24) is 29.1 Å². The average molecular weight is 442 g/mol. The first-order valence-electron chi connectivity index (χ1n) is 10.1. The van der Waals surface area contributed by atoms with E-state index in [0.29, 0.717) is 22.7 Å². The highest BCUT2D eigenvalue weighted by Gasteiger charge is 2.23. The summed E-state index contributed by atoms with van der Waals surface area (Å²) in [7, 11) is 0. The molecule has 6 aromatic rings. The molecule has 1 aromatic carbocycles. The molecule has 0 amide bonds. The Morgan fingerprint density at radius 1 is 1.03 bits per heavy atom. The highest BCUT2D eigenvalue weighted by molar-refractivity contribution is 5.84. The van der Waals surface area contributed by atoms with Crippen LogP contribution < -0.4 is 5.56 Å². The molecule has 33 heavy (non-hydrogen) atoms. The molecule has 0 saturated carbocycles. The molecule has 162 valence electrons. The quantitative estimate of drug-likeness (QED) is 0.408. The summed E-state index contributed by atoms with van der Waals surface area (Å²) in [5.74, 6) is 0.879. The van der Waals surface area contributed by atoms with E-state index < -0.39 is 11.4 Å². The second kappa shape index (κ2) is 7.23. The number of hydrogen-bond acceptors (Lipinski definition) is 7. The smallest absolute Gasteiger partial charge is 0.293 e. The van der Waals surface area contributed by atoms with E-state index >= 15 is 0 Å². The summed E-state index contributed by atoms with van der Waals surface area (Å²) in [6, 6.07) is 13.5. The zero-order chi connectivity index (χ0) is 22.5. The molecular formula is C23H15FN6O3. The molecule has 0 aliphatic rings. The summed E-state index contributed by atoms with van der Waals surface area (Å²) in [6.45, 7) is 1.89. The van der Waals surface area contributed by atoms with Crippen LogP contribution in [0.5, 0.6) is 0 Å². The summed E-state index contributed by atoms with van der Waals surface area (Å²) in [4.78, 5) is 26.6. The third-order valence-corrected chi connectivity index (χ3v) is 5.35. The number of halogens is 1. The maximum Gasteiger partial charge on any atom is 0.293 e. The molecule has 6 rings (SSSR count). The second-order valence-electron chi connectivity index (χ2n) is 7.47. The third-order valence-electron chi connectivity index (χ3n) is 5.35. The van der Waals surface area contributed by atoms with Crippen molar-refractivity contribution in [1.29, 1.82) is 0 Å². The largest absolute Gasteiger partial charge is 0.456 e. The first-order chi connectivity index (χ1) is 16.1. The molecule has 5 aromatic heterocycles. The Bertz CT molecular complexity index is 1700. The van der Waals surface area contributed by atoms with Gasteiger partial charge in [0.25, 0.3) is 11.4 Å². The molecular weight excluding hydrogens is 427 g/mol. The number of aryl methyl sites for hydroxylation is 1. The van der Waals surface area contributed by atoms with Gasteiger partial charge < -0.3 is 8.94 Å². The van der Waals surface area contributed by atoms with Gasteiger partial charge in [-0.05, 0) is 43.3 Å². The van der Waals surface area contributed by atoms with Crippen LogP contribution in [0.15, 0.2) is 74.8 Å². The standard InChI is InChI=1S/C23H15FN6O3/c1-13-8-9-17(32-13)22-27-21(28-33-22)18-20-23(31)29(11-14-5-2-3-10-25-14)19-15(24)6-4-7-16(19)30(20)12-26-18/h2-10,12H,11H2,1H3. The molecule has 10 heteroatoms. The first-order valence-corrected chi connectivity index (χ1v) is 10.1. The Labute approximate surface area is 184 Å². The van der Waals surface area contributed by atoms with Gasteiger partial charge in [0.15, 0.2) is 5.76 Å². The van der Waals surface area contributed by atoms with Crippen molar-refractivity contribution in [3.05, 3.63) is 88.7 Å². The minimum Gasteiger partial charge on any atom is -0.456 e. The number of rotatable bonds is 4. The number of fused-ring (bicyclic) bond motifs is 3. The molecule has 0 atom stereocenters. The van der Waals surface area contributed by atoms with Crippen LogP contribution in [-0.2, 0) is 6.54 Å². The van der Waals surface area contributed by atoms with Crippen LogP contribution in [0.2, 0.25) is 0 Å². The number of benzene rings is 1. The van der Waals surface area contributed by atoms with Crippen LogP contribution in [0.1, 0.15) is 11.5 Å². The lowest BCUT2D eigenvalue weighted by atomic mass is 10.2. The highest BCUT2D eigenvalue weighted by atomic mass is 19.1. The molecule has 0 unspecified atom stereocenters. The van der Waals surface area contributed by atoms with Gasteiger partial charge in [-0.15, -0.1) is 0 Å². The fourth-order valence-corrected chi connectivity index (χ4v) is 3.87. The molecule has 0 saturated heterocycles. The number of pyridine rings is 1. The lowest BCUT2D eigenvalue weighted by Crippen LogP contribution is -2.24. The van der Waals surface area contributed by atoms with Crippen LogP contribution in [0, 0.1) is 12.7 Å². The van der Waals surface area contributed by atoms with Gasteiger partial charge >= 0.3 is 0 Å². The summed E-state index contributed by atoms with van der Waals surface area (Å²) < 4.78 is 28.7. The van der Waals surface area contributed by atoms with Crippen LogP contribution in [0.3, 0.4) is 0 Å². The Hall–Kier alpha value is -4.60. The van der Waals surface area contributed by atoms with Crippen LogP contribution in [0.25, 0.3) is 39.7 Å². The zero-order valence-electron chi connectivity index (χ0n) is 17.3. The summed E-state index contributed by atoms with van der Waals surface area (Å²) in [5, 5.41) is 3.99. The minimum atomic E-state index is -0.521. The SMILES string of the molecule is Cc1ccc(-c2nc(-c3ncn4c3c(=O)n(Cc3ccccn3)c3c(F)cccc34)no2)o1. The molecule has 0 N–H and O–H groups in total. The van der Waals surface area contributed by atoms with E-state index in [1.165, 1.54) is 21.4 Å². The molecule has 0 spiro atoms. The Balaban J connectivity index is 1.60. The molecule has 0 aliphatic carbocycles. The topological polar surface area (TPSA) is 104 Å². The van der Waals surface area contributed by atoms with Crippen molar-refractivity contribution in [3.8, 4) is 23.2 Å². The number of para-hydroxylation sites is 1. The number of furan rings is 1.